The number of hydrogen-bond acceptors (Lipinski definition) is 5. The van der Waals surface area contributed by atoms with E-state index in [0.29, 0.717) is 18.3 Å². The van der Waals surface area contributed by atoms with Crippen LogP contribution in [0.25, 0.3) is 0 Å². The van der Waals surface area contributed by atoms with Crippen molar-refractivity contribution in [2.75, 3.05) is 10.6 Å². The summed E-state index contributed by atoms with van der Waals surface area (Å²) in [6.07, 6.45) is 7.87. The van der Waals surface area contributed by atoms with Gasteiger partial charge in [-0.25, -0.2) is 9.97 Å². The van der Waals surface area contributed by atoms with E-state index in [1.807, 2.05) is 37.3 Å². The Morgan fingerprint density at radius 2 is 1.88 bits per heavy atom. The molecule has 6 heteroatoms. The highest BCUT2D eigenvalue weighted by Crippen LogP contribution is 2.39. The first-order chi connectivity index (χ1) is 12.7. The number of terminal acetylenes is 1. The Morgan fingerprint density at radius 1 is 1.12 bits per heavy atom. The second-order valence-corrected chi connectivity index (χ2v) is 6.49. The van der Waals surface area contributed by atoms with Gasteiger partial charge in [-0.05, 0) is 37.5 Å². The number of aromatic nitrogens is 4. The maximum absolute atomic E-state index is 5.39. The van der Waals surface area contributed by atoms with Crippen molar-refractivity contribution in [2.45, 2.75) is 32.2 Å². The molecule has 0 unspecified atom stereocenters. The van der Waals surface area contributed by atoms with E-state index in [1.165, 1.54) is 18.5 Å². The molecule has 0 atom stereocenters. The lowest BCUT2D eigenvalue weighted by Crippen LogP contribution is -2.05. The minimum Gasteiger partial charge on any atom is -0.366 e. The van der Waals surface area contributed by atoms with Crippen LogP contribution in [0.5, 0.6) is 0 Å². The Hall–Kier alpha value is -3.33. The monoisotopic (exact) mass is 344 g/mol. The van der Waals surface area contributed by atoms with Gasteiger partial charge in [0.05, 0.1) is 0 Å². The summed E-state index contributed by atoms with van der Waals surface area (Å²) in [6, 6.07) is 11.8. The number of nitrogens with zero attached hydrogens (tertiary/aromatic N) is 3. The van der Waals surface area contributed by atoms with Gasteiger partial charge < -0.3 is 10.6 Å². The first kappa shape index (κ1) is 16.2. The molecule has 2 aromatic heterocycles. The lowest BCUT2D eigenvalue weighted by molar-refractivity contribution is 0.965. The van der Waals surface area contributed by atoms with E-state index in [1.54, 1.807) is 0 Å². The molecule has 0 radical (unpaired) electrons. The number of hydrogen-bond donors (Lipinski definition) is 3. The van der Waals surface area contributed by atoms with Gasteiger partial charge in [-0.1, -0.05) is 18.1 Å². The predicted octanol–water partition coefficient (Wildman–Crippen LogP) is 3.72. The van der Waals surface area contributed by atoms with Gasteiger partial charge in [0.25, 0.3) is 0 Å². The van der Waals surface area contributed by atoms with Crippen LogP contribution in [0, 0.1) is 19.3 Å². The number of aryl methyl sites for hydroxylation is 1. The molecule has 1 fully saturated rings. The van der Waals surface area contributed by atoms with Crippen molar-refractivity contribution < 1.29 is 0 Å². The summed E-state index contributed by atoms with van der Waals surface area (Å²) in [6.45, 7) is 2.53. The fraction of sp³-hybridized carbons (Fsp3) is 0.250. The van der Waals surface area contributed by atoms with Crippen LogP contribution < -0.4 is 10.6 Å². The van der Waals surface area contributed by atoms with Gasteiger partial charge in [-0.2, -0.15) is 5.10 Å². The largest absolute Gasteiger partial charge is 0.366 e. The van der Waals surface area contributed by atoms with Crippen LogP contribution in [0.1, 0.15) is 41.4 Å². The van der Waals surface area contributed by atoms with Crippen LogP contribution >= 0.6 is 0 Å². The van der Waals surface area contributed by atoms with Crippen LogP contribution in [-0.2, 0) is 6.54 Å². The van der Waals surface area contributed by atoms with E-state index in [-0.39, 0.29) is 0 Å². The Balaban J connectivity index is 1.43. The van der Waals surface area contributed by atoms with Gasteiger partial charge in [0.1, 0.15) is 17.5 Å². The van der Waals surface area contributed by atoms with E-state index in [2.05, 4.69) is 42.8 Å². The smallest absolute Gasteiger partial charge is 0.153 e. The van der Waals surface area contributed by atoms with E-state index < -0.39 is 0 Å². The molecule has 2 heterocycles. The third-order valence-electron chi connectivity index (χ3n) is 4.30. The molecule has 6 nitrogen and oxygen atoms in total. The van der Waals surface area contributed by atoms with E-state index in [4.69, 9.17) is 6.42 Å². The summed E-state index contributed by atoms with van der Waals surface area (Å²) in [5.41, 5.74) is 3.20. The van der Waals surface area contributed by atoms with Gasteiger partial charge in [0.2, 0.25) is 0 Å². The number of nitrogens with one attached hydrogen (secondary N) is 3. The minimum atomic E-state index is 0.642. The van der Waals surface area contributed by atoms with Crippen molar-refractivity contribution >= 4 is 17.5 Å². The molecule has 3 aromatic rings. The molecule has 1 aromatic carbocycles. The molecule has 0 bridgehead atoms. The van der Waals surface area contributed by atoms with Gasteiger partial charge in [0.15, 0.2) is 5.82 Å². The third-order valence-corrected chi connectivity index (χ3v) is 4.30. The summed E-state index contributed by atoms with van der Waals surface area (Å²) < 4.78 is 0. The molecule has 130 valence electrons. The number of benzene rings is 1. The zero-order chi connectivity index (χ0) is 17.9. The predicted molar refractivity (Wildman–Crippen MR) is 102 cm³/mol. The molecule has 0 aliphatic heterocycles. The summed E-state index contributed by atoms with van der Waals surface area (Å²) in [4.78, 5) is 8.88. The second kappa shape index (κ2) is 6.89. The van der Waals surface area contributed by atoms with Crippen molar-refractivity contribution in [1.29, 1.82) is 0 Å². The molecule has 1 saturated carbocycles. The highest BCUT2D eigenvalue weighted by atomic mass is 15.2. The molecule has 0 amide bonds. The molecule has 4 rings (SSSR count). The van der Waals surface area contributed by atoms with Gasteiger partial charge in [-0.15, -0.1) is 6.42 Å². The van der Waals surface area contributed by atoms with Crippen molar-refractivity contribution in [3.8, 4) is 12.3 Å². The van der Waals surface area contributed by atoms with Crippen molar-refractivity contribution in [1.82, 2.24) is 20.2 Å². The van der Waals surface area contributed by atoms with Crippen molar-refractivity contribution in [3.63, 3.8) is 0 Å². The normalized spacial score (nSPS) is 13.2. The lowest BCUT2D eigenvalue weighted by atomic mass is 10.1. The van der Waals surface area contributed by atoms with Crippen molar-refractivity contribution in [3.05, 3.63) is 59.0 Å². The highest BCUT2D eigenvalue weighted by Gasteiger charge is 2.25. The van der Waals surface area contributed by atoms with Crippen LogP contribution in [0.4, 0.5) is 17.5 Å². The number of anilines is 3. The van der Waals surface area contributed by atoms with Crippen LogP contribution in [0.3, 0.4) is 0 Å². The highest BCUT2D eigenvalue weighted by molar-refractivity contribution is 5.56. The molecule has 0 spiro atoms. The lowest BCUT2D eigenvalue weighted by Gasteiger charge is -2.09. The van der Waals surface area contributed by atoms with E-state index in [9.17, 15) is 0 Å². The number of rotatable bonds is 6. The minimum absolute atomic E-state index is 0.642. The second-order valence-electron chi connectivity index (χ2n) is 6.49. The zero-order valence-electron chi connectivity index (χ0n) is 14.6. The molecule has 0 saturated heterocycles. The van der Waals surface area contributed by atoms with Gasteiger partial charge in [-0.3, -0.25) is 5.10 Å². The Kier molecular flexibility index (Phi) is 4.28. The number of aromatic amines is 1. The Labute approximate surface area is 152 Å². The molecule has 1 aliphatic carbocycles. The van der Waals surface area contributed by atoms with E-state index >= 15 is 0 Å². The van der Waals surface area contributed by atoms with Gasteiger partial charge >= 0.3 is 0 Å². The maximum Gasteiger partial charge on any atom is 0.153 e. The Morgan fingerprint density at radius 3 is 2.62 bits per heavy atom. The molecule has 3 N–H and O–H groups in total. The van der Waals surface area contributed by atoms with Crippen LogP contribution in [0.2, 0.25) is 0 Å². The van der Waals surface area contributed by atoms with Crippen LogP contribution in [-0.4, -0.2) is 20.2 Å². The first-order valence-corrected chi connectivity index (χ1v) is 8.67. The fourth-order valence-corrected chi connectivity index (χ4v) is 2.77. The van der Waals surface area contributed by atoms with Gasteiger partial charge in [0, 0.05) is 35.9 Å². The average Bonchev–Trinajstić information content (AvgIpc) is 3.40. The quantitative estimate of drug-likeness (QED) is 0.594. The summed E-state index contributed by atoms with van der Waals surface area (Å²) in [5.74, 6) is 6.22. The molecular formula is C20H20N6. The zero-order valence-corrected chi connectivity index (χ0v) is 14.6. The summed E-state index contributed by atoms with van der Waals surface area (Å²) in [7, 11) is 0. The standard InChI is InChI=1S/C20H20N6/c1-3-14-4-6-15(7-5-14)12-21-18-11-19(23-13(2)22-18)24-20-10-17(25-26-20)16-8-9-16/h1,4-7,10-11,16H,8-9,12H2,2H3,(H3,21,22,23,24,25,26). The fourth-order valence-electron chi connectivity index (χ4n) is 2.77. The SMILES string of the molecule is C#Cc1ccc(CNc2cc(Nc3cc(C4CC4)[nH]n3)nc(C)n2)cc1. The van der Waals surface area contributed by atoms with Crippen LogP contribution in [0.15, 0.2) is 36.4 Å². The first-order valence-electron chi connectivity index (χ1n) is 8.67. The molecular weight excluding hydrogens is 324 g/mol. The molecule has 26 heavy (non-hydrogen) atoms. The average molecular weight is 344 g/mol. The van der Waals surface area contributed by atoms with Crippen molar-refractivity contribution in [2.24, 2.45) is 0 Å². The summed E-state index contributed by atoms with van der Waals surface area (Å²) >= 11 is 0. The summed E-state index contributed by atoms with van der Waals surface area (Å²) in [5, 5.41) is 14.0. The maximum atomic E-state index is 5.39. The molecule has 1 aliphatic rings. The van der Waals surface area contributed by atoms with E-state index in [0.717, 1.165) is 28.6 Å². The number of H-pyrrole nitrogens is 1. The third kappa shape index (κ3) is 3.83. The topological polar surface area (TPSA) is 78.5 Å². The Bertz CT molecular complexity index is 947.